The molecule has 0 bridgehead atoms. The molecule has 21 heavy (non-hydrogen) atoms. The van der Waals surface area contributed by atoms with E-state index in [4.69, 9.17) is 9.47 Å². The molecule has 1 aromatic rings. The molecule has 116 valence electrons. The van der Waals surface area contributed by atoms with E-state index in [1.165, 1.54) is 12.8 Å². The van der Waals surface area contributed by atoms with Crippen LogP contribution in [0.15, 0.2) is 24.3 Å². The molecule has 1 aromatic carbocycles. The Morgan fingerprint density at radius 2 is 1.81 bits per heavy atom. The van der Waals surface area contributed by atoms with E-state index in [1.54, 1.807) is 7.11 Å². The molecule has 1 amide bonds. The van der Waals surface area contributed by atoms with Gasteiger partial charge in [0.2, 0.25) is 0 Å². The van der Waals surface area contributed by atoms with Gasteiger partial charge in [-0.25, -0.2) is 0 Å². The topological polar surface area (TPSA) is 38.8 Å². The zero-order valence-electron chi connectivity index (χ0n) is 13.2. The van der Waals surface area contributed by atoms with Gasteiger partial charge in [0.15, 0.2) is 18.1 Å². The number of methoxy groups -OCH3 is 1. The van der Waals surface area contributed by atoms with E-state index in [-0.39, 0.29) is 12.5 Å². The Hall–Kier alpha value is -1.71. The molecule has 0 heterocycles. The fraction of sp³-hybridized carbons (Fsp3) is 0.588. The molecule has 1 aliphatic carbocycles. The van der Waals surface area contributed by atoms with Gasteiger partial charge in [-0.15, -0.1) is 0 Å². The monoisotopic (exact) mass is 291 g/mol. The van der Waals surface area contributed by atoms with Gasteiger partial charge in [0.05, 0.1) is 7.11 Å². The fourth-order valence-corrected chi connectivity index (χ4v) is 2.81. The van der Waals surface area contributed by atoms with Gasteiger partial charge in [0.1, 0.15) is 0 Å². The highest BCUT2D eigenvalue weighted by Gasteiger charge is 2.25. The first-order chi connectivity index (χ1) is 10.1. The molecule has 0 radical (unpaired) electrons. The maximum absolute atomic E-state index is 12.3. The normalized spacial score (nSPS) is 21.7. The molecule has 1 saturated carbocycles. The van der Waals surface area contributed by atoms with Crippen molar-refractivity contribution < 1.29 is 14.3 Å². The summed E-state index contributed by atoms with van der Waals surface area (Å²) in [6.07, 6.45) is 4.60. The third-order valence-electron chi connectivity index (χ3n) is 4.35. The van der Waals surface area contributed by atoms with E-state index >= 15 is 0 Å². The summed E-state index contributed by atoms with van der Waals surface area (Å²) in [5.74, 6) is 2.08. The summed E-state index contributed by atoms with van der Waals surface area (Å²) in [6.45, 7) is 2.34. The van der Waals surface area contributed by atoms with Gasteiger partial charge in [-0.1, -0.05) is 19.1 Å². The second-order valence-corrected chi connectivity index (χ2v) is 5.86. The molecular weight excluding hydrogens is 266 g/mol. The van der Waals surface area contributed by atoms with E-state index < -0.39 is 0 Å². The van der Waals surface area contributed by atoms with Crippen molar-refractivity contribution >= 4 is 5.91 Å². The van der Waals surface area contributed by atoms with Crippen LogP contribution in [0.25, 0.3) is 0 Å². The molecule has 1 fully saturated rings. The SMILES string of the molecule is COc1ccccc1OCC(=O)N(C)C1CCC(C)CC1. The first kappa shape index (κ1) is 15.7. The summed E-state index contributed by atoms with van der Waals surface area (Å²) in [5, 5.41) is 0. The van der Waals surface area contributed by atoms with Crippen molar-refractivity contribution in [2.45, 2.75) is 38.6 Å². The van der Waals surface area contributed by atoms with Crippen LogP contribution in [-0.4, -0.2) is 37.6 Å². The minimum absolute atomic E-state index is 0.0282. The van der Waals surface area contributed by atoms with Gasteiger partial charge in [-0.3, -0.25) is 4.79 Å². The summed E-state index contributed by atoms with van der Waals surface area (Å²) in [4.78, 5) is 14.1. The third-order valence-corrected chi connectivity index (χ3v) is 4.35. The summed E-state index contributed by atoms with van der Waals surface area (Å²) in [5.41, 5.74) is 0. The van der Waals surface area contributed by atoms with Crippen LogP contribution in [-0.2, 0) is 4.79 Å². The van der Waals surface area contributed by atoms with Gasteiger partial charge < -0.3 is 14.4 Å². The molecular formula is C17H25NO3. The van der Waals surface area contributed by atoms with E-state index in [0.29, 0.717) is 17.5 Å². The fourth-order valence-electron chi connectivity index (χ4n) is 2.81. The lowest BCUT2D eigenvalue weighted by Gasteiger charge is -2.33. The Bertz CT molecular complexity index is 467. The number of carbonyl (C=O) groups excluding carboxylic acids is 1. The Kier molecular flexibility index (Phi) is 5.48. The van der Waals surface area contributed by atoms with Crippen LogP contribution in [0.1, 0.15) is 32.6 Å². The van der Waals surface area contributed by atoms with Crippen molar-refractivity contribution in [2.24, 2.45) is 5.92 Å². The van der Waals surface area contributed by atoms with Crippen LogP contribution in [0, 0.1) is 5.92 Å². The van der Waals surface area contributed by atoms with Gasteiger partial charge in [-0.05, 0) is 43.7 Å². The number of benzene rings is 1. The van der Waals surface area contributed by atoms with Crippen LogP contribution in [0.5, 0.6) is 11.5 Å². The quantitative estimate of drug-likeness (QED) is 0.836. The summed E-state index contributed by atoms with van der Waals surface area (Å²) < 4.78 is 10.8. The predicted molar refractivity (Wildman–Crippen MR) is 82.7 cm³/mol. The second-order valence-electron chi connectivity index (χ2n) is 5.86. The lowest BCUT2D eigenvalue weighted by molar-refractivity contribution is -0.134. The molecule has 0 spiro atoms. The molecule has 2 rings (SSSR count). The number of nitrogens with zero attached hydrogens (tertiary/aromatic N) is 1. The minimum Gasteiger partial charge on any atom is -0.493 e. The second kappa shape index (κ2) is 7.34. The molecule has 0 atom stereocenters. The zero-order valence-corrected chi connectivity index (χ0v) is 13.2. The summed E-state index contributed by atoms with van der Waals surface area (Å²) >= 11 is 0. The minimum atomic E-state index is 0.0282. The highest BCUT2D eigenvalue weighted by atomic mass is 16.5. The number of likely N-dealkylation sites (N-methyl/N-ethyl adjacent to an activating group) is 1. The Morgan fingerprint density at radius 3 is 2.43 bits per heavy atom. The molecule has 0 aromatic heterocycles. The molecule has 0 aliphatic heterocycles. The number of hydrogen-bond acceptors (Lipinski definition) is 3. The van der Waals surface area contributed by atoms with Crippen molar-refractivity contribution in [2.75, 3.05) is 20.8 Å². The first-order valence-electron chi connectivity index (χ1n) is 7.63. The van der Waals surface area contributed by atoms with Crippen LogP contribution in [0.2, 0.25) is 0 Å². The number of amides is 1. The average molecular weight is 291 g/mol. The Morgan fingerprint density at radius 1 is 1.19 bits per heavy atom. The van der Waals surface area contributed by atoms with Crippen LogP contribution in [0.4, 0.5) is 0 Å². The van der Waals surface area contributed by atoms with E-state index in [2.05, 4.69) is 6.92 Å². The van der Waals surface area contributed by atoms with E-state index in [1.807, 2.05) is 36.2 Å². The Balaban J connectivity index is 1.86. The number of rotatable bonds is 5. The lowest BCUT2D eigenvalue weighted by atomic mass is 9.87. The molecule has 0 N–H and O–H groups in total. The van der Waals surface area contributed by atoms with Crippen molar-refractivity contribution in [3.05, 3.63) is 24.3 Å². The van der Waals surface area contributed by atoms with Crippen molar-refractivity contribution in [1.82, 2.24) is 4.90 Å². The number of ether oxygens (including phenoxy) is 2. The maximum Gasteiger partial charge on any atom is 0.260 e. The smallest absolute Gasteiger partial charge is 0.260 e. The first-order valence-corrected chi connectivity index (χ1v) is 7.63. The zero-order chi connectivity index (χ0) is 15.2. The average Bonchev–Trinajstić information content (AvgIpc) is 2.52. The predicted octanol–water partition coefficient (Wildman–Crippen LogP) is 3.11. The van der Waals surface area contributed by atoms with Gasteiger partial charge in [0.25, 0.3) is 5.91 Å². The van der Waals surface area contributed by atoms with Crippen molar-refractivity contribution in [1.29, 1.82) is 0 Å². The van der Waals surface area contributed by atoms with Gasteiger partial charge in [0, 0.05) is 13.1 Å². The third kappa shape index (κ3) is 4.13. The van der Waals surface area contributed by atoms with Crippen LogP contribution < -0.4 is 9.47 Å². The van der Waals surface area contributed by atoms with Gasteiger partial charge >= 0.3 is 0 Å². The van der Waals surface area contributed by atoms with E-state index in [0.717, 1.165) is 18.8 Å². The van der Waals surface area contributed by atoms with Crippen molar-refractivity contribution in [3.63, 3.8) is 0 Å². The summed E-state index contributed by atoms with van der Waals surface area (Å²) in [7, 11) is 3.48. The number of hydrogen-bond donors (Lipinski definition) is 0. The highest BCUT2D eigenvalue weighted by Crippen LogP contribution is 2.28. The van der Waals surface area contributed by atoms with Crippen molar-refractivity contribution in [3.8, 4) is 11.5 Å². The van der Waals surface area contributed by atoms with Gasteiger partial charge in [-0.2, -0.15) is 0 Å². The lowest BCUT2D eigenvalue weighted by Crippen LogP contribution is -2.41. The Labute approximate surface area is 127 Å². The summed E-state index contributed by atoms with van der Waals surface area (Å²) in [6, 6.07) is 7.74. The van der Waals surface area contributed by atoms with Crippen LogP contribution >= 0.6 is 0 Å². The number of carbonyl (C=O) groups is 1. The number of para-hydroxylation sites is 2. The largest absolute Gasteiger partial charge is 0.493 e. The standard InChI is InChI=1S/C17H25NO3/c1-13-8-10-14(11-9-13)18(2)17(19)12-21-16-7-5-4-6-15(16)20-3/h4-7,13-14H,8-12H2,1-3H3. The van der Waals surface area contributed by atoms with Crippen LogP contribution in [0.3, 0.4) is 0 Å². The molecule has 4 nitrogen and oxygen atoms in total. The van der Waals surface area contributed by atoms with E-state index in [9.17, 15) is 4.79 Å². The molecule has 1 aliphatic rings. The maximum atomic E-state index is 12.3. The molecule has 0 saturated heterocycles. The molecule has 0 unspecified atom stereocenters. The molecule has 4 heteroatoms. The highest BCUT2D eigenvalue weighted by molar-refractivity contribution is 5.77.